The van der Waals surface area contributed by atoms with Crippen molar-refractivity contribution >= 4 is 15.7 Å². The Hall–Kier alpha value is -1.15. The average molecular weight is 300 g/mol. The van der Waals surface area contributed by atoms with Gasteiger partial charge < -0.3 is 15.6 Å². The molecule has 0 aromatic heterocycles. The number of nitrogens with two attached hydrogens (primary N) is 1. The van der Waals surface area contributed by atoms with Gasteiger partial charge in [0.25, 0.3) is 0 Å². The molecule has 2 rings (SSSR count). The Labute approximate surface area is 119 Å². The number of aliphatic hydroxyl groups excluding tert-OH is 1. The van der Waals surface area contributed by atoms with Crippen molar-refractivity contribution in [1.29, 1.82) is 0 Å². The van der Waals surface area contributed by atoms with Crippen LogP contribution < -0.4 is 5.73 Å². The van der Waals surface area contributed by atoms with Gasteiger partial charge in [0.15, 0.2) is 0 Å². The molecule has 0 bridgehead atoms. The summed E-state index contributed by atoms with van der Waals surface area (Å²) in [7, 11) is -3.59. The summed E-state index contributed by atoms with van der Waals surface area (Å²) in [5, 5.41) is 9.09. The molecule has 1 aliphatic rings. The molecule has 0 spiro atoms. The van der Waals surface area contributed by atoms with Gasteiger partial charge in [0.2, 0.25) is 10.0 Å². The summed E-state index contributed by atoms with van der Waals surface area (Å²) in [6.07, 6.45) is 0.293. The summed E-state index contributed by atoms with van der Waals surface area (Å²) < 4.78 is 31.7. The zero-order valence-corrected chi connectivity index (χ0v) is 12.3. The summed E-state index contributed by atoms with van der Waals surface area (Å²) in [5.74, 6) is 0. The molecule has 7 heteroatoms. The van der Waals surface area contributed by atoms with Crippen LogP contribution in [0.5, 0.6) is 0 Å². The van der Waals surface area contributed by atoms with Crippen molar-refractivity contribution < 1.29 is 18.3 Å². The molecule has 20 heavy (non-hydrogen) atoms. The molecule has 6 nitrogen and oxygen atoms in total. The molecule has 3 N–H and O–H groups in total. The maximum absolute atomic E-state index is 12.5. The molecular formula is C13H20N2O4S. The molecule has 1 saturated heterocycles. The van der Waals surface area contributed by atoms with Crippen molar-refractivity contribution in [3.05, 3.63) is 23.8 Å². The highest BCUT2D eigenvalue weighted by Gasteiger charge is 2.30. The van der Waals surface area contributed by atoms with Crippen LogP contribution >= 0.6 is 0 Å². The zero-order chi connectivity index (χ0) is 14.8. The molecule has 0 aliphatic carbocycles. The Morgan fingerprint density at radius 3 is 2.85 bits per heavy atom. The summed E-state index contributed by atoms with van der Waals surface area (Å²) in [4.78, 5) is 0.186. The van der Waals surface area contributed by atoms with E-state index in [1.807, 2.05) is 6.92 Å². The van der Waals surface area contributed by atoms with Gasteiger partial charge in [-0.05, 0) is 24.1 Å². The zero-order valence-electron chi connectivity index (χ0n) is 11.4. The SMILES string of the molecule is CCc1ccc(S(=O)(=O)N2CCOC(CO)C2)cc1N. The van der Waals surface area contributed by atoms with E-state index in [4.69, 9.17) is 15.6 Å². The van der Waals surface area contributed by atoms with E-state index in [0.29, 0.717) is 5.69 Å². The molecule has 112 valence electrons. The number of aliphatic hydroxyl groups is 1. The molecule has 1 aromatic rings. The molecular weight excluding hydrogens is 280 g/mol. The third-order valence-electron chi connectivity index (χ3n) is 3.44. The Balaban J connectivity index is 2.28. The number of morpholine rings is 1. The number of ether oxygens (including phenoxy) is 1. The molecule has 0 saturated carbocycles. The Morgan fingerprint density at radius 2 is 2.25 bits per heavy atom. The number of anilines is 1. The van der Waals surface area contributed by atoms with E-state index in [1.54, 1.807) is 12.1 Å². The van der Waals surface area contributed by atoms with E-state index in [0.717, 1.165) is 12.0 Å². The lowest BCUT2D eigenvalue weighted by Crippen LogP contribution is -2.46. The van der Waals surface area contributed by atoms with Gasteiger partial charge in [0, 0.05) is 18.8 Å². The molecule has 1 fully saturated rings. The largest absolute Gasteiger partial charge is 0.398 e. The first-order valence-corrected chi connectivity index (χ1v) is 8.04. The standard InChI is InChI=1S/C13H20N2O4S/c1-2-10-3-4-12(7-13(10)14)20(17,18)15-5-6-19-11(8-15)9-16/h3-4,7,11,16H,2,5-6,8-9,14H2,1H3. The van der Waals surface area contributed by atoms with Crippen molar-refractivity contribution in [3.63, 3.8) is 0 Å². The topological polar surface area (TPSA) is 92.9 Å². The van der Waals surface area contributed by atoms with Crippen molar-refractivity contribution in [2.75, 3.05) is 32.0 Å². The van der Waals surface area contributed by atoms with E-state index in [-0.39, 0.29) is 31.2 Å². The van der Waals surface area contributed by atoms with Gasteiger partial charge in [-0.1, -0.05) is 13.0 Å². The van der Waals surface area contributed by atoms with Gasteiger partial charge >= 0.3 is 0 Å². The van der Waals surface area contributed by atoms with Crippen LogP contribution in [0.15, 0.2) is 23.1 Å². The first-order chi connectivity index (χ1) is 9.48. The van der Waals surface area contributed by atoms with Gasteiger partial charge in [-0.3, -0.25) is 0 Å². The van der Waals surface area contributed by atoms with Crippen LogP contribution in [-0.4, -0.2) is 50.2 Å². The van der Waals surface area contributed by atoms with Gasteiger partial charge in [-0.15, -0.1) is 0 Å². The quantitative estimate of drug-likeness (QED) is 0.776. The number of nitrogen functional groups attached to an aromatic ring is 1. The lowest BCUT2D eigenvalue weighted by Gasteiger charge is -2.31. The molecule has 1 atom stereocenters. The fourth-order valence-corrected chi connectivity index (χ4v) is 3.72. The number of aryl methyl sites for hydroxylation is 1. The average Bonchev–Trinajstić information content (AvgIpc) is 2.47. The minimum Gasteiger partial charge on any atom is -0.398 e. The van der Waals surface area contributed by atoms with E-state index < -0.39 is 16.1 Å². The van der Waals surface area contributed by atoms with Crippen LogP contribution in [0.2, 0.25) is 0 Å². The smallest absolute Gasteiger partial charge is 0.243 e. The first-order valence-electron chi connectivity index (χ1n) is 6.60. The third kappa shape index (κ3) is 2.95. The highest BCUT2D eigenvalue weighted by atomic mass is 32.2. The van der Waals surface area contributed by atoms with Crippen LogP contribution in [0.4, 0.5) is 5.69 Å². The van der Waals surface area contributed by atoms with Gasteiger partial charge in [-0.2, -0.15) is 4.31 Å². The van der Waals surface area contributed by atoms with Crippen LogP contribution in [0.1, 0.15) is 12.5 Å². The lowest BCUT2D eigenvalue weighted by atomic mass is 10.1. The predicted octanol–water partition coefficient (Wildman–Crippen LogP) is 0.213. The summed E-state index contributed by atoms with van der Waals surface area (Å²) in [5.41, 5.74) is 7.28. The van der Waals surface area contributed by atoms with E-state index in [1.165, 1.54) is 10.4 Å². The third-order valence-corrected chi connectivity index (χ3v) is 5.30. The van der Waals surface area contributed by atoms with Crippen molar-refractivity contribution in [3.8, 4) is 0 Å². The molecule has 1 aromatic carbocycles. The summed E-state index contributed by atoms with van der Waals surface area (Å²) >= 11 is 0. The second-order valence-corrected chi connectivity index (χ2v) is 6.69. The molecule has 0 radical (unpaired) electrons. The maximum atomic E-state index is 12.5. The highest BCUT2D eigenvalue weighted by molar-refractivity contribution is 7.89. The Bertz CT molecular complexity index is 574. The first kappa shape index (κ1) is 15.2. The van der Waals surface area contributed by atoms with Crippen LogP contribution in [0, 0.1) is 0 Å². The fraction of sp³-hybridized carbons (Fsp3) is 0.538. The van der Waals surface area contributed by atoms with Gasteiger partial charge in [0.1, 0.15) is 0 Å². The van der Waals surface area contributed by atoms with Crippen LogP contribution in [0.3, 0.4) is 0 Å². The van der Waals surface area contributed by atoms with Crippen molar-refractivity contribution in [1.82, 2.24) is 4.31 Å². The second kappa shape index (κ2) is 6.09. The minimum atomic E-state index is -3.59. The van der Waals surface area contributed by atoms with Crippen LogP contribution in [-0.2, 0) is 21.2 Å². The van der Waals surface area contributed by atoms with Gasteiger partial charge in [0.05, 0.1) is 24.2 Å². The maximum Gasteiger partial charge on any atom is 0.243 e. The monoisotopic (exact) mass is 300 g/mol. The lowest BCUT2D eigenvalue weighted by molar-refractivity contribution is -0.0304. The number of hydrogen-bond acceptors (Lipinski definition) is 5. The number of hydrogen-bond donors (Lipinski definition) is 2. The molecule has 0 amide bonds. The highest BCUT2D eigenvalue weighted by Crippen LogP contribution is 2.23. The molecule has 1 heterocycles. The number of sulfonamides is 1. The number of benzene rings is 1. The molecule has 1 unspecified atom stereocenters. The second-order valence-electron chi connectivity index (χ2n) is 4.75. The van der Waals surface area contributed by atoms with E-state index >= 15 is 0 Å². The number of nitrogens with zero attached hydrogens (tertiary/aromatic N) is 1. The van der Waals surface area contributed by atoms with E-state index in [2.05, 4.69) is 0 Å². The molecule has 1 aliphatic heterocycles. The van der Waals surface area contributed by atoms with Crippen molar-refractivity contribution in [2.24, 2.45) is 0 Å². The number of rotatable bonds is 4. The predicted molar refractivity (Wildman–Crippen MR) is 75.8 cm³/mol. The Morgan fingerprint density at radius 1 is 1.50 bits per heavy atom. The summed E-state index contributed by atoms with van der Waals surface area (Å²) in [6, 6.07) is 4.82. The van der Waals surface area contributed by atoms with Crippen molar-refractivity contribution in [2.45, 2.75) is 24.3 Å². The summed E-state index contributed by atoms with van der Waals surface area (Å²) in [6.45, 7) is 2.51. The normalized spacial score (nSPS) is 21.0. The Kier molecular flexibility index (Phi) is 4.64. The van der Waals surface area contributed by atoms with Gasteiger partial charge in [-0.25, -0.2) is 8.42 Å². The van der Waals surface area contributed by atoms with E-state index in [9.17, 15) is 8.42 Å². The minimum absolute atomic E-state index is 0.161. The fourth-order valence-electron chi connectivity index (χ4n) is 2.23. The van der Waals surface area contributed by atoms with Crippen LogP contribution in [0.25, 0.3) is 0 Å².